The molecule has 22 heavy (non-hydrogen) atoms. The summed E-state index contributed by atoms with van der Waals surface area (Å²) in [6.07, 6.45) is 1.36. The van der Waals surface area contributed by atoms with Gasteiger partial charge in [-0.05, 0) is 31.0 Å². The van der Waals surface area contributed by atoms with Crippen molar-refractivity contribution in [2.45, 2.75) is 23.7 Å². The smallest absolute Gasteiger partial charge is 0.326 e. The molecule has 0 radical (unpaired) electrons. The highest BCUT2D eigenvalue weighted by atomic mass is 35.5. The van der Waals surface area contributed by atoms with Gasteiger partial charge in [-0.15, -0.1) is 0 Å². The summed E-state index contributed by atoms with van der Waals surface area (Å²) in [6.45, 7) is 1.07. The maximum Gasteiger partial charge on any atom is 0.326 e. The number of fused-ring (bicyclic) bond motifs is 1. The molecule has 0 atom stereocenters. The van der Waals surface area contributed by atoms with Crippen LogP contribution in [0.2, 0.25) is 5.02 Å². The fourth-order valence-electron chi connectivity index (χ4n) is 2.95. The monoisotopic (exact) mass is 361 g/mol. The van der Waals surface area contributed by atoms with Crippen molar-refractivity contribution in [3.8, 4) is 0 Å². The van der Waals surface area contributed by atoms with Gasteiger partial charge in [-0.3, -0.25) is 9.36 Å². The Hall–Kier alpha value is -1.17. The minimum absolute atomic E-state index is 0.0376. The summed E-state index contributed by atoms with van der Waals surface area (Å²) in [5, 5.41) is 0.580. The number of likely N-dealkylation sites (tertiary alicyclic amines) is 1. The molecule has 1 aliphatic heterocycles. The summed E-state index contributed by atoms with van der Waals surface area (Å²) in [5.74, 6) is -0.278. The van der Waals surface area contributed by atoms with Crippen molar-refractivity contribution in [3.63, 3.8) is 0 Å². The fraction of sp³-hybridized carbons (Fsp3) is 0.429. The first-order valence-electron chi connectivity index (χ1n) is 6.94. The largest absolute Gasteiger partial charge is 0.340 e. The number of hydrogen-bond acceptors (Lipinski definition) is 2. The number of aromatic nitrogens is 2. The topological polar surface area (TPSA) is 58.1 Å². The molecule has 118 valence electrons. The summed E-state index contributed by atoms with van der Waals surface area (Å²) in [5.41, 5.74) is 1.39. The molecule has 1 aromatic heterocycles. The first kappa shape index (κ1) is 15.7. The van der Waals surface area contributed by atoms with Crippen molar-refractivity contribution in [2.75, 3.05) is 13.1 Å². The number of H-pyrrole nitrogens is 1. The van der Waals surface area contributed by atoms with Crippen LogP contribution in [0, 0.1) is 0 Å². The Morgan fingerprint density at radius 2 is 1.95 bits per heavy atom. The molecule has 1 aliphatic rings. The number of aromatic amines is 1. The number of alkyl halides is 2. The molecule has 1 aromatic carbocycles. The maximum absolute atomic E-state index is 12.2. The molecule has 0 saturated carbocycles. The van der Waals surface area contributed by atoms with E-state index in [1.54, 1.807) is 21.6 Å². The quantitative estimate of drug-likeness (QED) is 0.835. The minimum atomic E-state index is -1.03. The average Bonchev–Trinajstić information content (AvgIpc) is 2.81. The van der Waals surface area contributed by atoms with Gasteiger partial charge in [0.2, 0.25) is 0 Å². The molecule has 2 aromatic rings. The lowest BCUT2D eigenvalue weighted by Crippen LogP contribution is -2.42. The van der Waals surface area contributed by atoms with Gasteiger partial charge >= 0.3 is 5.69 Å². The number of halogens is 3. The van der Waals surface area contributed by atoms with Gasteiger partial charge in [0.25, 0.3) is 5.91 Å². The predicted octanol–water partition coefficient (Wildman–Crippen LogP) is 2.95. The van der Waals surface area contributed by atoms with E-state index in [0.717, 1.165) is 11.0 Å². The van der Waals surface area contributed by atoms with E-state index in [4.69, 9.17) is 34.8 Å². The van der Waals surface area contributed by atoms with Gasteiger partial charge in [-0.1, -0.05) is 34.8 Å². The Bertz CT molecular complexity index is 760. The van der Waals surface area contributed by atoms with Crippen LogP contribution in [-0.2, 0) is 4.79 Å². The summed E-state index contributed by atoms with van der Waals surface area (Å²) < 4.78 is 1.74. The van der Waals surface area contributed by atoms with Crippen LogP contribution in [0.3, 0.4) is 0 Å². The van der Waals surface area contributed by atoms with Crippen LogP contribution in [-0.4, -0.2) is 38.3 Å². The minimum Gasteiger partial charge on any atom is -0.340 e. The molecule has 1 N–H and O–H groups in total. The molecule has 1 saturated heterocycles. The first-order chi connectivity index (χ1) is 10.5. The number of amides is 1. The van der Waals surface area contributed by atoms with Crippen LogP contribution >= 0.6 is 34.8 Å². The molecule has 0 spiro atoms. The lowest BCUT2D eigenvalue weighted by atomic mass is 10.0. The van der Waals surface area contributed by atoms with Gasteiger partial charge < -0.3 is 9.88 Å². The van der Waals surface area contributed by atoms with Crippen LogP contribution in [0.15, 0.2) is 23.0 Å². The summed E-state index contributed by atoms with van der Waals surface area (Å²) in [6, 6.07) is 5.37. The van der Waals surface area contributed by atoms with E-state index in [9.17, 15) is 9.59 Å². The van der Waals surface area contributed by atoms with Crippen LogP contribution in [0.5, 0.6) is 0 Å². The highest BCUT2D eigenvalue weighted by Gasteiger charge is 2.28. The Morgan fingerprint density at radius 1 is 1.27 bits per heavy atom. The number of benzene rings is 1. The van der Waals surface area contributed by atoms with Crippen LogP contribution < -0.4 is 5.69 Å². The third-order valence-electron chi connectivity index (χ3n) is 4.01. The summed E-state index contributed by atoms with van der Waals surface area (Å²) in [7, 11) is 0. The van der Waals surface area contributed by atoms with E-state index < -0.39 is 4.84 Å². The highest BCUT2D eigenvalue weighted by molar-refractivity contribution is 6.53. The number of nitrogens with one attached hydrogen (secondary N) is 1. The number of carbonyl (C=O) groups excluding carboxylic acids is 1. The zero-order valence-electron chi connectivity index (χ0n) is 11.6. The highest BCUT2D eigenvalue weighted by Crippen LogP contribution is 2.26. The Balaban J connectivity index is 1.84. The first-order valence-corrected chi connectivity index (χ1v) is 8.19. The van der Waals surface area contributed by atoms with E-state index in [2.05, 4.69) is 4.98 Å². The predicted molar refractivity (Wildman–Crippen MR) is 87.9 cm³/mol. The molecular formula is C14H14Cl3N3O2. The molecule has 8 heteroatoms. The summed E-state index contributed by atoms with van der Waals surface area (Å²) >= 11 is 17.2. The van der Waals surface area contributed by atoms with E-state index in [-0.39, 0.29) is 17.6 Å². The normalized spacial score (nSPS) is 16.6. The molecule has 1 fully saturated rings. The Labute approximate surface area is 141 Å². The SMILES string of the molecule is O=C(C(Cl)Cl)N1CCC(n2c(=O)[nH]c3cc(Cl)ccc32)CC1. The zero-order valence-corrected chi connectivity index (χ0v) is 13.8. The molecule has 1 amide bonds. The molecule has 0 aliphatic carbocycles. The van der Waals surface area contributed by atoms with E-state index >= 15 is 0 Å². The second-order valence-electron chi connectivity index (χ2n) is 5.32. The van der Waals surface area contributed by atoms with Crippen LogP contribution in [0.25, 0.3) is 11.0 Å². The van der Waals surface area contributed by atoms with Crippen molar-refractivity contribution in [2.24, 2.45) is 0 Å². The van der Waals surface area contributed by atoms with Crippen LogP contribution in [0.4, 0.5) is 0 Å². The molecule has 3 rings (SSSR count). The number of imidazole rings is 1. The number of nitrogens with zero attached hydrogens (tertiary/aromatic N) is 2. The molecule has 2 heterocycles. The fourth-order valence-corrected chi connectivity index (χ4v) is 3.40. The number of carbonyl (C=O) groups is 1. The molecular weight excluding hydrogens is 349 g/mol. The average molecular weight is 363 g/mol. The standard InChI is InChI=1S/C14H14Cl3N3O2/c15-8-1-2-11-10(7-8)18-14(22)20(11)9-3-5-19(6-4-9)13(21)12(16)17/h1-2,7,9,12H,3-6H2,(H,18,22). The second kappa shape index (κ2) is 6.14. The third kappa shape index (κ3) is 2.85. The van der Waals surface area contributed by atoms with Gasteiger partial charge in [0, 0.05) is 24.2 Å². The molecule has 0 bridgehead atoms. The van der Waals surface area contributed by atoms with E-state index in [1.165, 1.54) is 0 Å². The van der Waals surface area contributed by atoms with Crippen molar-refractivity contribution in [1.82, 2.24) is 14.5 Å². The van der Waals surface area contributed by atoms with E-state index in [1.807, 2.05) is 6.07 Å². The van der Waals surface area contributed by atoms with Gasteiger partial charge in [-0.2, -0.15) is 0 Å². The van der Waals surface area contributed by atoms with Crippen molar-refractivity contribution in [1.29, 1.82) is 0 Å². The van der Waals surface area contributed by atoms with Crippen LogP contribution in [0.1, 0.15) is 18.9 Å². The third-order valence-corrected chi connectivity index (χ3v) is 4.61. The van der Waals surface area contributed by atoms with Gasteiger partial charge in [0.15, 0.2) is 4.84 Å². The lowest BCUT2D eigenvalue weighted by Gasteiger charge is -2.32. The van der Waals surface area contributed by atoms with Gasteiger partial charge in [0.1, 0.15) is 0 Å². The van der Waals surface area contributed by atoms with Gasteiger partial charge in [0.05, 0.1) is 11.0 Å². The number of hydrogen-bond donors (Lipinski definition) is 1. The number of piperidine rings is 1. The van der Waals surface area contributed by atoms with Crippen molar-refractivity contribution >= 4 is 51.7 Å². The maximum atomic E-state index is 12.2. The summed E-state index contributed by atoms with van der Waals surface area (Å²) in [4.78, 5) is 27.4. The van der Waals surface area contributed by atoms with Gasteiger partial charge in [-0.25, -0.2) is 4.79 Å². The molecule has 0 unspecified atom stereocenters. The zero-order chi connectivity index (χ0) is 15.9. The number of rotatable bonds is 2. The van der Waals surface area contributed by atoms with E-state index in [0.29, 0.717) is 31.0 Å². The Morgan fingerprint density at radius 3 is 2.59 bits per heavy atom. The second-order valence-corrected chi connectivity index (χ2v) is 6.85. The van der Waals surface area contributed by atoms with Crippen molar-refractivity contribution < 1.29 is 4.79 Å². The molecule has 5 nitrogen and oxygen atoms in total. The lowest BCUT2D eigenvalue weighted by molar-refractivity contribution is -0.130. The Kier molecular flexibility index (Phi) is 4.39. The van der Waals surface area contributed by atoms with Crippen molar-refractivity contribution in [3.05, 3.63) is 33.7 Å².